The van der Waals surface area contributed by atoms with Gasteiger partial charge in [0, 0.05) is 0 Å². The van der Waals surface area contributed by atoms with Crippen molar-refractivity contribution >= 4 is 15.9 Å². The number of nitrogens with one attached hydrogen (secondary N) is 2. The summed E-state index contributed by atoms with van der Waals surface area (Å²) in [5, 5.41) is 2.87. The van der Waals surface area contributed by atoms with Crippen LogP contribution in [-0.2, 0) is 21.2 Å². The molecule has 3 aromatic rings. The molecule has 2 atom stereocenters. The number of methoxy groups -OCH3 is 2. The number of benzene rings is 3. The lowest BCUT2D eigenvalue weighted by atomic mass is 10.0. The predicted octanol–water partition coefficient (Wildman–Crippen LogP) is 3.61. The topological polar surface area (TPSA) is 93.7 Å². The number of halogens is 1. The van der Waals surface area contributed by atoms with Gasteiger partial charge in [-0.15, -0.1) is 0 Å². The summed E-state index contributed by atoms with van der Waals surface area (Å²) in [4.78, 5) is 13.1. The summed E-state index contributed by atoms with van der Waals surface area (Å²) in [7, 11) is -1.02. The summed E-state index contributed by atoms with van der Waals surface area (Å²) >= 11 is 0. The molecule has 0 bridgehead atoms. The summed E-state index contributed by atoms with van der Waals surface area (Å²) in [6.07, 6.45) is 0.131. The maximum atomic E-state index is 13.3. The highest BCUT2D eigenvalue weighted by Crippen LogP contribution is 2.30. The normalized spacial score (nSPS) is 13.1. The summed E-state index contributed by atoms with van der Waals surface area (Å²) in [5.74, 6) is 0.0100. The van der Waals surface area contributed by atoms with Gasteiger partial charge >= 0.3 is 0 Å². The van der Waals surface area contributed by atoms with Crippen LogP contribution in [0.25, 0.3) is 0 Å². The highest BCUT2D eigenvalue weighted by Gasteiger charge is 2.27. The molecule has 34 heavy (non-hydrogen) atoms. The van der Waals surface area contributed by atoms with Crippen LogP contribution in [0.2, 0.25) is 0 Å². The van der Waals surface area contributed by atoms with Crippen LogP contribution < -0.4 is 19.5 Å². The van der Waals surface area contributed by atoms with Crippen molar-refractivity contribution in [1.29, 1.82) is 0 Å². The molecule has 0 aromatic heterocycles. The lowest BCUT2D eigenvalue weighted by Gasteiger charge is -2.22. The van der Waals surface area contributed by atoms with E-state index in [0.717, 1.165) is 35.4 Å². The van der Waals surface area contributed by atoms with E-state index >= 15 is 0 Å². The van der Waals surface area contributed by atoms with Crippen LogP contribution in [0, 0.1) is 5.82 Å². The van der Waals surface area contributed by atoms with Gasteiger partial charge in [-0.2, -0.15) is 4.72 Å². The molecular formula is C25H27FN2O5S. The molecule has 2 N–H and O–H groups in total. The lowest BCUT2D eigenvalue weighted by Crippen LogP contribution is -2.48. The molecule has 0 saturated carbocycles. The third-order valence-electron chi connectivity index (χ3n) is 5.29. The van der Waals surface area contributed by atoms with Gasteiger partial charge in [0.05, 0.1) is 25.2 Å². The molecular weight excluding hydrogens is 459 g/mol. The molecule has 1 amide bonds. The van der Waals surface area contributed by atoms with Crippen LogP contribution in [0.1, 0.15) is 24.1 Å². The number of ether oxygens (including phenoxy) is 2. The van der Waals surface area contributed by atoms with E-state index in [4.69, 9.17) is 9.47 Å². The Morgan fingerprint density at radius 1 is 0.941 bits per heavy atom. The second kappa shape index (κ2) is 11.1. The molecule has 3 aromatic carbocycles. The Labute approximate surface area is 199 Å². The van der Waals surface area contributed by atoms with Gasteiger partial charge in [-0.3, -0.25) is 4.79 Å². The molecule has 0 aliphatic heterocycles. The van der Waals surface area contributed by atoms with Crippen molar-refractivity contribution in [3.63, 3.8) is 0 Å². The number of carbonyl (C=O) groups is 1. The molecule has 9 heteroatoms. The Morgan fingerprint density at radius 3 is 2.21 bits per heavy atom. The molecule has 0 saturated heterocycles. The van der Waals surface area contributed by atoms with Crippen LogP contribution >= 0.6 is 0 Å². The fourth-order valence-corrected chi connectivity index (χ4v) is 4.62. The highest BCUT2D eigenvalue weighted by atomic mass is 32.2. The maximum absolute atomic E-state index is 13.3. The van der Waals surface area contributed by atoms with Crippen LogP contribution in [0.3, 0.4) is 0 Å². The van der Waals surface area contributed by atoms with E-state index in [1.807, 2.05) is 30.3 Å². The monoisotopic (exact) mass is 486 g/mol. The van der Waals surface area contributed by atoms with Gasteiger partial charge in [-0.25, -0.2) is 12.8 Å². The summed E-state index contributed by atoms with van der Waals surface area (Å²) < 4.78 is 52.1. The maximum Gasteiger partial charge on any atom is 0.241 e. The SMILES string of the molecule is COc1ccc(C(C)NC(=O)C(Cc2ccccc2)NS(=O)(=O)c2ccc(F)cc2)cc1OC. The largest absolute Gasteiger partial charge is 0.493 e. The molecule has 0 heterocycles. The van der Waals surface area contributed by atoms with Gasteiger partial charge in [0.1, 0.15) is 11.9 Å². The summed E-state index contributed by atoms with van der Waals surface area (Å²) in [6.45, 7) is 1.78. The van der Waals surface area contributed by atoms with E-state index in [1.54, 1.807) is 25.1 Å². The average molecular weight is 487 g/mol. The number of rotatable bonds is 10. The number of amides is 1. The Morgan fingerprint density at radius 2 is 1.59 bits per heavy atom. The van der Waals surface area contributed by atoms with E-state index in [0.29, 0.717) is 11.5 Å². The zero-order valence-electron chi connectivity index (χ0n) is 19.1. The van der Waals surface area contributed by atoms with Crippen molar-refractivity contribution in [2.45, 2.75) is 30.3 Å². The zero-order chi connectivity index (χ0) is 24.7. The van der Waals surface area contributed by atoms with Gasteiger partial charge in [0.2, 0.25) is 15.9 Å². The van der Waals surface area contributed by atoms with Crippen molar-refractivity contribution in [3.05, 3.63) is 89.7 Å². The molecule has 0 radical (unpaired) electrons. The molecule has 180 valence electrons. The third-order valence-corrected chi connectivity index (χ3v) is 6.77. The first-order chi connectivity index (χ1) is 16.2. The van der Waals surface area contributed by atoms with Gasteiger partial charge < -0.3 is 14.8 Å². The summed E-state index contributed by atoms with van der Waals surface area (Å²) in [5.41, 5.74) is 1.54. The predicted molar refractivity (Wildman–Crippen MR) is 127 cm³/mol. The molecule has 0 spiro atoms. The molecule has 0 fully saturated rings. The highest BCUT2D eigenvalue weighted by molar-refractivity contribution is 7.89. The molecule has 2 unspecified atom stereocenters. The van der Waals surface area contributed by atoms with Gasteiger partial charge in [0.15, 0.2) is 11.5 Å². The average Bonchev–Trinajstić information content (AvgIpc) is 2.83. The summed E-state index contributed by atoms with van der Waals surface area (Å²) in [6, 6.07) is 17.2. The van der Waals surface area contributed by atoms with Crippen LogP contribution in [-0.4, -0.2) is 34.6 Å². The minimum absolute atomic E-state index is 0.131. The van der Waals surface area contributed by atoms with Gasteiger partial charge in [0.25, 0.3) is 0 Å². The number of hydrogen-bond donors (Lipinski definition) is 2. The molecule has 0 aliphatic carbocycles. The van der Waals surface area contributed by atoms with Crippen molar-refractivity contribution in [1.82, 2.24) is 10.0 Å². The van der Waals surface area contributed by atoms with E-state index in [1.165, 1.54) is 14.2 Å². The first-order valence-corrected chi connectivity index (χ1v) is 12.1. The van der Waals surface area contributed by atoms with E-state index in [9.17, 15) is 17.6 Å². The zero-order valence-corrected chi connectivity index (χ0v) is 19.9. The fourth-order valence-electron chi connectivity index (χ4n) is 3.43. The second-order valence-corrected chi connectivity index (χ2v) is 9.38. The molecule has 0 aliphatic rings. The third kappa shape index (κ3) is 6.33. The van der Waals surface area contributed by atoms with Crippen molar-refractivity contribution in [3.8, 4) is 11.5 Å². The van der Waals surface area contributed by atoms with E-state index in [2.05, 4.69) is 10.0 Å². The fraction of sp³-hybridized carbons (Fsp3) is 0.240. The van der Waals surface area contributed by atoms with Gasteiger partial charge in [-0.05, 0) is 60.9 Å². The minimum Gasteiger partial charge on any atom is -0.493 e. The minimum atomic E-state index is -4.08. The second-order valence-electron chi connectivity index (χ2n) is 7.66. The lowest BCUT2D eigenvalue weighted by molar-refractivity contribution is -0.123. The first kappa shape index (κ1) is 25.2. The first-order valence-electron chi connectivity index (χ1n) is 10.6. The number of carbonyl (C=O) groups excluding carboxylic acids is 1. The van der Waals surface area contributed by atoms with Crippen molar-refractivity contribution in [2.75, 3.05) is 14.2 Å². The van der Waals surface area contributed by atoms with Crippen molar-refractivity contribution < 1.29 is 27.1 Å². The smallest absolute Gasteiger partial charge is 0.241 e. The Balaban J connectivity index is 1.83. The Bertz CT molecular complexity index is 1220. The van der Waals surface area contributed by atoms with E-state index < -0.39 is 33.8 Å². The van der Waals surface area contributed by atoms with E-state index in [-0.39, 0.29) is 11.3 Å². The van der Waals surface area contributed by atoms with Crippen LogP contribution in [0.4, 0.5) is 4.39 Å². The quantitative estimate of drug-likeness (QED) is 0.457. The van der Waals surface area contributed by atoms with Gasteiger partial charge in [-0.1, -0.05) is 36.4 Å². The number of hydrogen-bond acceptors (Lipinski definition) is 5. The molecule has 3 rings (SSSR count). The molecule has 7 nitrogen and oxygen atoms in total. The van der Waals surface area contributed by atoms with Crippen LogP contribution in [0.15, 0.2) is 77.7 Å². The Hall–Kier alpha value is -3.43. The Kier molecular flexibility index (Phi) is 8.25. The van der Waals surface area contributed by atoms with Crippen molar-refractivity contribution in [2.24, 2.45) is 0 Å². The number of sulfonamides is 1. The van der Waals surface area contributed by atoms with Crippen LogP contribution in [0.5, 0.6) is 11.5 Å². The standard InChI is InChI=1S/C25H27FN2O5S/c1-17(19-9-14-23(32-2)24(16-19)33-3)27-25(29)22(15-18-7-5-4-6-8-18)28-34(30,31)21-12-10-20(26)11-13-21/h4-14,16-17,22,28H,15H2,1-3H3,(H,27,29).